The van der Waals surface area contributed by atoms with Crippen molar-refractivity contribution < 1.29 is 9.53 Å². The summed E-state index contributed by atoms with van der Waals surface area (Å²) in [6.45, 7) is 0.655. The highest BCUT2D eigenvalue weighted by atomic mass is 35.5. The zero-order chi connectivity index (χ0) is 16.5. The van der Waals surface area contributed by atoms with E-state index in [2.05, 4.69) is 20.5 Å². The number of nitrogens with zero attached hydrogens (tertiary/aromatic N) is 2. The number of aromatic nitrogens is 3. The number of hydrogen-bond acceptors (Lipinski definition) is 4. The van der Waals surface area contributed by atoms with Crippen LogP contribution in [0.1, 0.15) is 15.9 Å². The Bertz CT molecular complexity index is 922. The number of amides is 1. The van der Waals surface area contributed by atoms with Crippen molar-refractivity contribution in [3.8, 4) is 17.1 Å². The van der Waals surface area contributed by atoms with Gasteiger partial charge in [-0.15, -0.1) is 5.10 Å². The van der Waals surface area contributed by atoms with Crippen LogP contribution in [0.4, 0.5) is 5.95 Å². The molecule has 0 saturated carbocycles. The summed E-state index contributed by atoms with van der Waals surface area (Å²) in [7, 11) is 0. The van der Waals surface area contributed by atoms with E-state index in [1.165, 1.54) is 0 Å². The predicted molar refractivity (Wildman–Crippen MR) is 90.4 cm³/mol. The summed E-state index contributed by atoms with van der Waals surface area (Å²) in [5, 5.41) is 10.0. The van der Waals surface area contributed by atoms with Gasteiger partial charge in [0.1, 0.15) is 5.75 Å². The van der Waals surface area contributed by atoms with Gasteiger partial charge < -0.3 is 4.74 Å². The van der Waals surface area contributed by atoms with Crippen LogP contribution in [0.5, 0.6) is 5.75 Å². The zero-order valence-electron chi connectivity index (χ0n) is 12.5. The summed E-state index contributed by atoms with van der Waals surface area (Å²) >= 11 is 6.14. The van der Waals surface area contributed by atoms with Gasteiger partial charge in [0.2, 0.25) is 5.95 Å². The van der Waals surface area contributed by atoms with Crippen molar-refractivity contribution in [3.05, 3.63) is 58.6 Å². The second kappa shape index (κ2) is 5.98. The van der Waals surface area contributed by atoms with Gasteiger partial charge in [-0.2, -0.15) is 4.98 Å². The lowest BCUT2D eigenvalue weighted by molar-refractivity contribution is 0.102. The topological polar surface area (TPSA) is 79.9 Å². The fourth-order valence-electron chi connectivity index (χ4n) is 2.59. The molecule has 0 aliphatic carbocycles. The second-order valence-corrected chi connectivity index (χ2v) is 5.77. The number of anilines is 1. The standard InChI is InChI=1S/C17H13ClN4O2/c18-13-4-2-1-3-12(13)15-19-17(22-21-15)20-16(23)11-5-6-14-10(9-11)7-8-24-14/h1-6,9H,7-8H2,(H2,19,20,21,22,23). The number of rotatable bonds is 3. The number of carbonyl (C=O) groups excluding carboxylic acids is 1. The maximum atomic E-state index is 12.4. The highest BCUT2D eigenvalue weighted by molar-refractivity contribution is 6.33. The number of halogens is 1. The third-order valence-corrected chi connectivity index (χ3v) is 4.12. The Kier molecular flexibility index (Phi) is 3.66. The molecule has 1 aliphatic rings. The Morgan fingerprint density at radius 3 is 3.00 bits per heavy atom. The lowest BCUT2D eigenvalue weighted by Gasteiger charge is -2.03. The third-order valence-electron chi connectivity index (χ3n) is 3.79. The van der Waals surface area contributed by atoms with Crippen LogP contribution >= 0.6 is 11.6 Å². The fourth-order valence-corrected chi connectivity index (χ4v) is 2.82. The Morgan fingerprint density at radius 2 is 2.12 bits per heavy atom. The third kappa shape index (κ3) is 2.72. The van der Waals surface area contributed by atoms with Crippen molar-refractivity contribution >= 4 is 23.5 Å². The number of ether oxygens (including phenoxy) is 1. The number of nitrogens with one attached hydrogen (secondary N) is 2. The molecule has 0 bridgehead atoms. The van der Waals surface area contributed by atoms with Gasteiger partial charge in [-0.05, 0) is 35.9 Å². The Balaban J connectivity index is 1.54. The minimum absolute atomic E-state index is 0.201. The average Bonchev–Trinajstić information content (AvgIpc) is 3.23. The van der Waals surface area contributed by atoms with Gasteiger partial charge in [0, 0.05) is 17.5 Å². The molecule has 2 N–H and O–H groups in total. The summed E-state index contributed by atoms with van der Waals surface area (Å²) < 4.78 is 5.44. The molecule has 2 heterocycles. The molecule has 3 aromatic rings. The molecule has 0 spiro atoms. The van der Waals surface area contributed by atoms with Crippen LogP contribution < -0.4 is 10.1 Å². The molecule has 6 nitrogen and oxygen atoms in total. The van der Waals surface area contributed by atoms with Crippen molar-refractivity contribution in [2.45, 2.75) is 6.42 Å². The van der Waals surface area contributed by atoms with Crippen LogP contribution in [-0.2, 0) is 6.42 Å². The molecule has 2 aromatic carbocycles. The van der Waals surface area contributed by atoms with Gasteiger partial charge in [0.05, 0.1) is 11.6 Å². The lowest BCUT2D eigenvalue weighted by atomic mass is 10.1. The molecule has 0 unspecified atom stereocenters. The molecule has 7 heteroatoms. The van der Waals surface area contributed by atoms with E-state index in [9.17, 15) is 4.79 Å². The Hall–Kier alpha value is -2.86. The smallest absolute Gasteiger partial charge is 0.258 e. The SMILES string of the molecule is O=C(Nc1n[nH]c(-c2ccccc2Cl)n1)c1ccc2c(c1)CCO2. The molecule has 0 saturated heterocycles. The summed E-state index contributed by atoms with van der Waals surface area (Å²) in [5.74, 6) is 1.27. The van der Waals surface area contributed by atoms with E-state index in [0.717, 1.165) is 23.3 Å². The maximum absolute atomic E-state index is 12.4. The fraction of sp³-hybridized carbons (Fsp3) is 0.118. The summed E-state index contributed by atoms with van der Waals surface area (Å²) in [4.78, 5) is 16.6. The molecular weight excluding hydrogens is 328 g/mol. The summed E-state index contributed by atoms with van der Waals surface area (Å²) in [5.41, 5.74) is 2.31. The normalized spacial score (nSPS) is 12.5. The van der Waals surface area contributed by atoms with Crippen molar-refractivity contribution in [2.75, 3.05) is 11.9 Å². The highest BCUT2D eigenvalue weighted by Crippen LogP contribution is 2.27. The van der Waals surface area contributed by atoms with Crippen LogP contribution in [0.25, 0.3) is 11.4 Å². The van der Waals surface area contributed by atoms with E-state index in [-0.39, 0.29) is 11.9 Å². The van der Waals surface area contributed by atoms with Gasteiger partial charge in [-0.25, -0.2) is 0 Å². The summed E-state index contributed by atoms with van der Waals surface area (Å²) in [6.07, 6.45) is 0.813. The quantitative estimate of drug-likeness (QED) is 0.766. The van der Waals surface area contributed by atoms with Crippen molar-refractivity contribution in [3.63, 3.8) is 0 Å². The van der Waals surface area contributed by atoms with Gasteiger partial charge >= 0.3 is 0 Å². The Morgan fingerprint density at radius 1 is 1.25 bits per heavy atom. The number of aromatic amines is 1. The van der Waals surface area contributed by atoms with Gasteiger partial charge in [-0.3, -0.25) is 15.2 Å². The first-order valence-corrected chi connectivity index (χ1v) is 7.83. The Labute approximate surface area is 142 Å². The molecule has 0 atom stereocenters. The van der Waals surface area contributed by atoms with E-state index in [0.29, 0.717) is 23.0 Å². The molecule has 0 radical (unpaired) electrons. The highest BCUT2D eigenvalue weighted by Gasteiger charge is 2.16. The first-order valence-electron chi connectivity index (χ1n) is 7.45. The van der Waals surface area contributed by atoms with Gasteiger partial charge in [0.15, 0.2) is 5.82 Å². The molecule has 1 aliphatic heterocycles. The molecule has 0 fully saturated rings. The maximum Gasteiger partial charge on any atom is 0.258 e. The number of benzene rings is 2. The first kappa shape index (κ1) is 14.7. The molecule has 24 heavy (non-hydrogen) atoms. The van der Waals surface area contributed by atoms with Crippen LogP contribution in [0.3, 0.4) is 0 Å². The molecule has 1 aromatic heterocycles. The number of fused-ring (bicyclic) bond motifs is 1. The van der Waals surface area contributed by atoms with E-state index < -0.39 is 0 Å². The van der Waals surface area contributed by atoms with E-state index >= 15 is 0 Å². The number of H-pyrrole nitrogens is 1. The minimum Gasteiger partial charge on any atom is -0.493 e. The van der Waals surface area contributed by atoms with Crippen LogP contribution in [0, 0.1) is 0 Å². The van der Waals surface area contributed by atoms with E-state index in [4.69, 9.17) is 16.3 Å². The lowest BCUT2D eigenvalue weighted by Crippen LogP contribution is -2.13. The number of carbonyl (C=O) groups is 1. The number of hydrogen-bond donors (Lipinski definition) is 2. The molecule has 1 amide bonds. The molecule has 4 rings (SSSR count). The first-order chi connectivity index (χ1) is 11.7. The van der Waals surface area contributed by atoms with Crippen LogP contribution in [-0.4, -0.2) is 27.7 Å². The predicted octanol–water partition coefficient (Wildman–Crippen LogP) is 3.31. The van der Waals surface area contributed by atoms with Crippen molar-refractivity contribution in [2.24, 2.45) is 0 Å². The average molecular weight is 341 g/mol. The largest absolute Gasteiger partial charge is 0.493 e. The van der Waals surface area contributed by atoms with Gasteiger partial charge in [-0.1, -0.05) is 23.7 Å². The zero-order valence-corrected chi connectivity index (χ0v) is 13.3. The summed E-state index contributed by atoms with van der Waals surface area (Å²) in [6, 6.07) is 12.7. The van der Waals surface area contributed by atoms with Gasteiger partial charge in [0.25, 0.3) is 5.91 Å². The van der Waals surface area contributed by atoms with E-state index in [1.54, 1.807) is 12.1 Å². The van der Waals surface area contributed by atoms with E-state index in [1.807, 2.05) is 30.3 Å². The van der Waals surface area contributed by atoms with Crippen LogP contribution in [0.15, 0.2) is 42.5 Å². The second-order valence-electron chi connectivity index (χ2n) is 5.36. The van der Waals surface area contributed by atoms with Crippen LogP contribution in [0.2, 0.25) is 5.02 Å². The molecule has 120 valence electrons. The van der Waals surface area contributed by atoms with Crippen molar-refractivity contribution in [1.82, 2.24) is 15.2 Å². The van der Waals surface area contributed by atoms with Crippen molar-refractivity contribution in [1.29, 1.82) is 0 Å². The monoisotopic (exact) mass is 340 g/mol. The minimum atomic E-state index is -0.269. The molecular formula is C17H13ClN4O2.